The molecule has 0 bridgehead atoms. The topological polar surface area (TPSA) is 27.7 Å². The van der Waals surface area contributed by atoms with E-state index in [4.69, 9.17) is 4.74 Å². The second-order valence-corrected chi connectivity index (χ2v) is 5.63. The summed E-state index contributed by atoms with van der Waals surface area (Å²) in [5.74, 6) is 0. The number of nitrogens with one attached hydrogen (secondary N) is 1. The lowest BCUT2D eigenvalue weighted by Crippen LogP contribution is -2.50. The van der Waals surface area contributed by atoms with Gasteiger partial charge in [-0.25, -0.2) is 0 Å². The van der Waals surface area contributed by atoms with Crippen molar-refractivity contribution in [3.63, 3.8) is 0 Å². The summed E-state index contributed by atoms with van der Waals surface area (Å²) in [7, 11) is 2.20. The van der Waals surface area contributed by atoms with Crippen LogP contribution >= 0.6 is 0 Å². The van der Waals surface area contributed by atoms with Gasteiger partial charge in [0.1, 0.15) is 0 Å². The Morgan fingerprint density at radius 2 is 1.88 bits per heavy atom. The maximum absolute atomic E-state index is 5.24. The van der Waals surface area contributed by atoms with Crippen LogP contribution in [0.15, 0.2) is 0 Å². The van der Waals surface area contributed by atoms with Gasteiger partial charge in [0.15, 0.2) is 0 Å². The zero-order valence-corrected chi connectivity index (χ0v) is 10.7. The van der Waals surface area contributed by atoms with Crippen LogP contribution in [0, 0.1) is 5.41 Å². The van der Waals surface area contributed by atoms with Crippen molar-refractivity contribution in [2.75, 3.05) is 66.1 Å². The highest BCUT2D eigenvalue weighted by atomic mass is 16.5. The average Bonchev–Trinajstić information content (AvgIpc) is 2.24. The molecule has 16 heavy (non-hydrogen) atoms. The van der Waals surface area contributed by atoms with Crippen LogP contribution in [0.1, 0.15) is 6.92 Å². The predicted octanol–water partition coefficient (Wildman–Crippen LogP) is -0.140. The Kier molecular flexibility index (Phi) is 4.19. The average molecular weight is 227 g/mol. The summed E-state index contributed by atoms with van der Waals surface area (Å²) in [6, 6.07) is 0. The highest BCUT2D eigenvalue weighted by Gasteiger charge is 2.32. The lowest BCUT2D eigenvalue weighted by molar-refractivity contribution is -0.0990. The SMILES string of the molecule is CN1CCN(CCNCC2(C)COC2)CC1. The summed E-state index contributed by atoms with van der Waals surface area (Å²) >= 11 is 0. The minimum Gasteiger partial charge on any atom is -0.380 e. The minimum absolute atomic E-state index is 0.405. The molecular formula is C12H25N3O. The molecule has 0 aromatic rings. The van der Waals surface area contributed by atoms with Gasteiger partial charge >= 0.3 is 0 Å². The van der Waals surface area contributed by atoms with E-state index in [1.54, 1.807) is 0 Å². The summed E-state index contributed by atoms with van der Waals surface area (Å²) in [5, 5.41) is 3.55. The highest BCUT2D eigenvalue weighted by Crippen LogP contribution is 2.24. The first-order valence-electron chi connectivity index (χ1n) is 6.37. The molecule has 2 aliphatic heterocycles. The van der Waals surface area contributed by atoms with Crippen LogP contribution in [0.4, 0.5) is 0 Å². The van der Waals surface area contributed by atoms with Gasteiger partial charge in [0.25, 0.3) is 0 Å². The Morgan fingerprint density at radius 3 is 2.44 bits per heavy atom. The molecular weight excluding hydrogens is 202 g/mol. The predicted molar refractivity (Wildman–Crippen MR) is 65.7 cm³/mol. The van der Waals surface area contributed by atoms with Crippen LogP contribution < -0.4 is 5.32 Å². The highest BCUT2D eigenvalue weighted by molar-refractivity contribution is 4.83. The van der Waals surface area contributed by atoms with Crippen LogP contribution in [-0.4, -0.2) is 75.9 Å². The molecule has 2 aliphatic rings. The Hall–Kier alpha value is -0.160. The fraction of sp³-hybridized carbons (Fsp3) is 1.00. The molecule has 94 valence electrons. The summed E-state index contributed by atoms with van der Waals surface area (Å²) in [4.78, 5) is 4.95. The molecule has 0 atom stereocenters. The van der Waals surface area contributed by atoms with Gasteiger partial charge in [-0.2, -0.15) is 0 Å². The van der Waals surface area contributed by atoms with Gasteiger partial charge in [0, 0.05) is 51.2 Å². The molecule has 0 unspecified atom stereocenters. The first-order chi connectivity index (χ1) is 7.68. The first kappa shape index (κ1) is 12.3. The van der Waals surface area contributed by atoms with Crippen LogP contribution in [0.3, 0.4) is 0 Å². The molecule has 0 saturated carbocycles. The van der Waals surface area contributed by atoms with Crippen molar-refractivity contribution in [2.24, 2.45) is 5.41 Å². The third-order valence-electron chi connectivity index (χ3n) is 3.65. The Labute approximate surface area is 98.9 Å². The molecule has 1 N–H and O–H groups in total. The molecule has 0 spiro atoms. The zero-order chi connectivity index (χ0) is 11.4. The van der Waals surface area contributed by atoms with Crippen molar-refractivity contribution in [1.82, 2.24) is 15.1 Å². The standard InChI is InChI=1S/C12H25N3O/c1-12(10-16-11-12)9-13-3-4-15-7-5-14(2)6-8-15/h13H,3-11H2,1-2H3. The summed E-state index contributed by atoms with van der Waals surface area (Å²) in [6.07, 6.45) is 0. The van der Waals surface area contributed by atoms with E-state index in [9.17, 15) is 0 Å². The molecule has 2 fully saturated rings. The normalized spacial score (nSPS) is 26.6. The number of piperazine rings is 1. The van der Waals surface area contributed by atoms with Crippen LogP contribution in [0.5, 0.6) is 0 Å². The Balaban J connectivity index is 1.51. The second kappa shape index (κ2) is 5.45. The van der Waals surface area contributed by atoms with E-state index in [0.29, 0.717) is 5.41 Å². The largest absolute Gasteiger partial charge is 0.380 e. The monoisotopic (exact) mass is 227 g/mol. The molecule has 4 heteroatoms. The fourth-order valence-corrected chi connectivity index (χ4v) is 2.25. The lowest BCUT2D eigenvalue weighted by atomic mass is 9.89. The van der Waals surface area contributed by atoms with E-state index in [2.05, 4.69) is 29.1 Å². The van der Waals surface area contributed by atoms with Crippen molar-refractivity contribution < 1.29 is 4.74 Å². The fourth-order valence-electron chi connectivity index (χ4n) is 2.25. The van der Waals surface area contributed by atoms with Gasteiger partial charge < -0.3 is 15.0 Å². The molecule has 4 nitrogen and oxygen atoms in total. The molecule has 0 aromatic heterocycles. The number of likely N-dealkylation sites (N-methyl/N-ethyl adjacent to an activating group) is 1. The van der Waals surface area contributed by atoms with E-state index >= 15 is 0 Å². The summed E-state index contributed by atoms with van der Waals surface area (Å²) in [5.41, 5.74) is 0.405. The van der Waals surface area contributed by atoms with Crippen molar-refractivity contribution in [1.29, 1.82) is 0 Å². The maximum atomic E-state index is 5.24. The third kappa shape index (κ3) is 3.42. The van der Waals surface area contributed by atoms with Gasteiger partial charge in [-0.15, -0.1) is 0 Å². The Bertz CT molecular complexity index is 210. The zero-order valence-electron chi connectivity index (χ0n) is 10.7. The van der Waals surface area contributed by atoms with Crippen molar-refractivity contribution in [3.8, 4) is 0 Å². The van der Waals surface area contributed by atoms with Gasteiger partial charge in [0.2, 0.25) is 0 Å². The van der Waals surface area contributed by atoms with Crippen LogP contribution in [0.25, 0.3) is 0 Å². The van der Waals surface area contributed by atoms with Gasteiger partial charge in [-0.1, -0.05) is 6.92 Å². The van der Waals surface area contributed by atoms with E-state index < -0.39 is 0 Å². The Morgan fingerprint density at radius 1 is 1.19 bits per heavy atom. The van der Waals surface area contributed by atoms with Gasteiger partial charge in [-0.3, -0.25) is 4.90 Å². The smallest absolute Gasteiger partial charge is 0.0554 e. The van der Waals surface area contributed by atoms with E-state index in [-0.39, 0.29) is 0 Å². The second-order valence-electron chi connectivity index (χ2n) is 5.63. The number of ether oxygens (including phenoxy) is 1. The number of nitrogens with zero attached hydrogens (tertiary/aromatic N) is 2. The quantitative estimate of drug-likeness (QED) is 0.662. The van der Waals surface area contributed by atoms with Crippen LogP contribution in [-0.2, 0) is 4.74 Å². The van der Waals surface area contributed by atoms with Crippen LogP contribution in [0.2, 0.25) is 0 Å². The lowest BCUT2D eigenvalue weighted by Gasteiger charge is -2.38. The first-order valence-corrected chi connectivity index (χ1v) is 6.37. The molecule has 0 aliphatic carbocycles. The number of hydrogen-bond acceptors (Lipinski definition) is 4. The molecule has 0 aromatic carbocycles. The van der Waals surface area contributed by atoms with Crippen molar-refractivity contribution in [3.05, 3.63) is 0 Å². The van der Waals surface area contributed by atoms with Gasteiger partial charge in [0.05, 0.1) is 13.2 Å². The van der Waals surface area contributed by atoms with Crippen molar-refractivity contribution >= 4 is 0 Å². The molecule has 2 saturated heterocycles. The summed E-state index contributed by atoms with van der Waals surface area (Å²) in [6.45, 7) is 12.4. The third-order valence-corrected chi connectivity index (χ3v) is 3.65. The molecule has 2 heterocycles. The maximum Gasteiger partial charge on any atom is 0.0554 e. The summed E-state index contributed by atoms with van der Waals surface area (Å²) < 4.78 is 5.24. The molecule has 0 radical (unpaired) electrons. The minimum atomic E-state index is 0.405. The van der Waals surface area contributed by atoms with E-state index in [1.165, 1.54) is 32.7 Å². The number of hydrogen-bond donors (Lipinski definition) is 1. The molecule has 0 amide bonds. The van der Waals surface area contributed by atoms with Gasteiger partial charge in [-0.05, 0) is 7.05 Å². The van der Waals surface area contributed by atoms with Crippen molar-refractivity contribution in [2.45, 2.75) is 6.92 Å². The number of rotatable bonds is 5. The van der Waals surface area contributed by atoms with E-state index in [1.807, 2.05) is 0 Å². The van der Waals surface area contributed by atoms with E-state index in [0.717, 1.165) is 26.3 Å². The molecule has 2 rings (SSSR count).